The van der Waals surface area contributed by atoms with Crippen molar-refractivity contribution >= 4 is 32.7 Å². The zero-order valence-electron chi connectivity index (χ0n) is 6.77. The van der Waals surface area contributed by atoms with Gasteiger partial charge in [-0.2, -0.15) is 4.98 Å². The Balaban J connectivity index is 2.90. The van der Waals surface area contributed by atoms with Crippen LogP contribution in [0, 0.1) is 0 Å². The van der Waals surface area contributed by atoms with Gasteiger partial charge in [0.25, 0.3) is 5.35 Å². The van der Waals surface area contributed by atoms with E-state index in [4.69, 9.17) is 21.2 Å². The monoisotopic (exact) mass is 232 g/mol. The largest absolute Gasteiger partial charge is 0.426 e. The molecule has 0 radical (unpaired) electrons. The highest BCUT2D eigenvalue weighted by Crippen LogP contribution is 2.24. The van der Waals surface area contributed by atoms with Gasteiger partial charge in [-0.25, -0.2) is 13.6 Å². The van der Waals surface area contributed by atoms with Crippen molar-refractivity contribution in [2.24, 2.45) is 5.14 Å². The first-order chi connectivity index (χ1) is 6.48. The van der Waals surface area contributed by atoms with E-state index in [0.29, 0.717) is 5.52 Å². The number of primary sulfonamides is 1. The van der Waals surface area contributed by atoms with Crippen molar-refractivity contribution < 1.29 is 12.8 Å². The Morgan fingerprint density at radius 1 is 1.43 bits per heavy atom. The lowest BCUT2D eigenvalue weighted by Crippen LogP contribution is -2.12. The van der Waals surface area contributed by atoms with Crippen LogP contribution in [0.5, 0.6) is 0 Å². The van der Waals surface area contributed by atoms with Crippen LogP contribution in [0.25, 0.3) is 11.1 Å². The number of aromatic nitrogens is 1. The zero-order chi connectivity index (χ0) is 10.3. The fourth-order valence-corrected chi connectivity index (χ4v) is 1.96. The Morgan fingerprint density at radius 2 is 2.14 bits per heavy atom. The first kappa shape index (κ1) is 9.45. The first-order valence-corrected chi connectivity index (χ1v) is 5.49. The first-order valence-electron chi connectivity index (χ1n) is 3.56. The maximum atomic E-state index is 11.1. The number of nitrogens with zero attached hydrogens (tertiary/aromatic N) is 1. The van der Waals surface area contributed by atoms with Crippen molar-refractivity contribution in [1.82, 2.24) is 4.98 Å². The molecule has 0 atom stereocenters. The highest BCUT2D eigenvalue weighted by Gasteiger charge is 2.16. The predicted octanol–water partition coefficient (Wildman–Crippen LogP) is 1.13. The Labute approximate surface area is 84.5 Å². The van der Waals surface area contributed by atoms with Gasteiger partial charge in [-0.1, -0.05) is 6.07 Å². The van der Waals surface area contributed by atoms with Crippen LogP contribution < -0.4 is 5.14 Å². The van der Waals surface area contributed by atoms with E-state index in [1.807, 2.05) is 0 Å². The Bertz CT molecular complexity index is 590. The fourth-order valence-electron chi connectivity index (χ4n) is 1.12. The van der Waals surface area contributed by atoms with Crippen LogP contribution in [0.2, 0.25) is 5.35 Å². The normalized spacial score (nSPS) is 12.1. The number of benzene rings is 1. The minimum Gasteiger partial charge on any atom is -0.426 e. The lowest BCUT2D eigenvalue weighted by atomic mass is 10.3. The molecule has 2 rings (SSSR count). The molecular weight excluding hydrogens is 228 g/mol. The summed E-state index contributed by atoms with van der Waals surface area (Å²) in [5.41, 5.74) is 0.446. The predicted molar refractivity (Wildman–Crippen MR) is 50.4 cm³/mol. The summed E-state index contributed by atoms with van der Waals surface area (Å²) in [6.07, 6.45) is 0. The second-order valence-corrected chi connectivity index (χ2v) is 4.47. The number of halogens is 1. The summed E-state index contributed by atoms with van der Waals surface area (Å²) in [6, 6.07) is 4.43. The number of rotatable bonds is 1. The molecule has 5 nitrogen and oxygen atoms in total. The molecule has 2 aromatic rings. The SMILES string of the molecule is NS(=O)(=O)c1cccc2nc(Cl)oc12. The fraction of sp³-hybridized carbons (Fsp3) is 0. The minimum atomic E-state index is -3.81. The minimum absolute atomic E-state index is 0.0833. The van der Waals surface area contributed by atoms with Gasteiger partial charge < -0.3 is 4.42 Å². The second kappa shape index (κ2) is 2.94. The zero-order valence-corrected chi connectivity index (χ0v) is 8.34. The van der Waals surface area contributed by atoms with Crippen molar-refractivity contribution in [3.63, 3.8) is 0 Å². The molecule has 0 aliphatic carbocycles. The molecule has 2 N–H and O–H groups in total. The number of para-hydroxylation sites is 1. The van der Waals surface area contributed by atoms with Crippen LogP contribution in [-0.2, 0) is 10.0 Å². The molecule has 1 aromatic heterocycles. The average molecular weight is 233 g/mol. The summed E-state index contributed by atoms with van der Waals surface area (Å²) in [5.74, 6) is 0. The summed E-state index contributed by atoms with van der Waals surface area (Å²) in [5, 5.41) is 4.86. The van der Waals surface area contributed by atoms with E-state index >= 15 is 0 Å². The van der Waals surface area contributed by atoms with Gasteiger partial charge in [0.15, 0.2) is 5.58 Å². The lowest BCUT2D eigenvalue weighted by molar-refractivity contribution is 0.582. The third kappa shape index (κ3) is 1.47. The molecule has 1 aromatic carbocycles. The molecular formula is C7H5ClN2O3S. The van der Waals surface area contributed by atoms with Crippen LogP contribution in [0.4, 0.5) is 0 Å². The van der Waals surface area contributed by atoms with E-state index < -0.39 is 10.0 Å². The van der Waals surface area contributed by atoms with E-state index in [1.165, 1.54) is 12.1 Å². The number of sulfonamides is 1. The number of hydrogen-bond donors (Lipinski definition) is 1. The number of nitrogens with two attached hydrogens (primary N) is 1. The van der Waals surface area contributed by atoms with Crippen molar-refractivity contribution in [2.75, 3.05) is 0 Å². The van der Waals surface area contributed by atoms with E-state index in [1.54, 1.807) is 6.07 Å². The van der Waals surface area contributed by atoms with Gasteiger partial charge in [-0.3, -0.25) is 0 Å². The number of oxazole rings is 1. The Morgan fingerprint density at radius 3 is 2.79 bits per heavy atom. The van der Waals surface area contributed by atoms with Crippen LogP contribution >= 0.6 is 11.6 Å². The van der Waals surface area contributed by atoms with Gasteiger partial charge in [0.05, 0.1) is 0 Å². The van der Waals surface area contributed by atoms with E-state index in [0.717, 1.165) is 0 Å². The summed E-state index contributed by atoms with van der Waals surface area (Å²) < 4.78 is 27.1. The van der Waals surface area contributed by atoms with Gasteiger partial charge in [-0.15, -0.1) is 0 Å². The van der Waals surface area contributed by atoms with Crippen molar-refractivity contribution in [3.8, 4) is 0 Å². The molecule has 0 saturated carbocycles. The quantitative estimate of drug-likeness (QED) is 0.799. The smallest absolute Gasteiger partial charge is 0.293 e. The molecule has 1 heterocycles. The van der Waals surface area contributed by atoms with Crippen molar-refractivity contribution in [3.05, 3.63) is 23.5 Å². The number of fused-ring (bicyclic) bond motifs is 1. The third-order valence-corrected chi connectivity index (χ3v) is 2.76. The van der Waals surface area contributed by atoms with Gasteiger partial charge in [-0.05, 0) is 23.7 Å². The maximum Gasteiger partial charge on any atom is 0.293 e. The topological polar surface area (TPSA) is 86.2 Å². The second-order valence-electron chi connectivity index (χ2n) is 2.62. The Kier molecular flexibility index (Phi) is 1.99. The van der Waals surface area contributed by atoms with Crippen molar-refractivity contribution in [1.29, 1.82) is 0 Å². The molecule has 0 saturated heterocycles. The average Bonchev–Trinajstić information content (AvgIpc) is 2.41. The van der Waals surface area contributed by atoms with Crippen molar-refractivity contribution in [2.45, 2.75) is 4.90 Å². The summed E-state index contributed by atoms with van der Waals surface area (Å²) in [6.45, 7) is 0. The van der Waals surface area contributed by atoms with Gasteiger partial charge >= 0.3 is 0 Å². The Hall–Kier alpha value is -1.11. The molecule has 7 heteroatoms. The summed E-state index contributed by atoms with van der Waals surface area (Å²) in [7, 11) is -3.81. The third-order valence-electron chi connectivity index (χ3n) is 1.66. The molecule has 0 fully saturated rings. The van der Waals surface area contributed by atoms with Gasteiger partial charge in [0.2, 0.25) is 10.0 Å². The van der Waals surface area contributed by atoms with E-state index in [-0.39, 0.29) is 15.8 Å². The lowest BCUT2D eigenvalue weighted by Gasteiger charge is -1.96. The summed E-state index contributed by atoms with van der Waals surface area (Å²) >= 11 is 5.49. The molecule has 0 unspecified atom stereocenters. The summed E-state index contributed by atoms with van der Waals surface area (Å²) in [4.78, 5) is 3.65. The van der Waals surface area contributed by atoms with E-state index in [2.05, 4.69) is 4.98 Å². The van der Waals surface area contributed by atoms with Crippen LogP contribution in [0.1, 0.15) is 0 Å². The highest BCUT2D eigenvalue weighted by atomic mass is 35.5. The van der Waals surface area contributed by atoms with Gasteiger partial charge in [0.1, 0.15) is 10.4 Å². The molecule has 0 aliphatic rings. The number of hydrogen-bond acceptors (Lipinski definition) is 4. The molecule has 0 spiro atoms. The standard InChI is InChI=1S/C7H5ClN2O3S/c8-7-10-4-2-1-3-5(6(4)13-7)14(9,11)12/h1-3H,(H2,9,11,12). The molecule has 74 valence electrons. The van der Waals surface area contributed by atoms with Crippen LogP contribution in [-0.4, -0.2) is 13.4 Å². The molecule has 0 aliphatic heterocycles. The van der Waals surface area contributed by atoms with Crippen LogP contribution in [0.15, 0.2) is 27.5 Å². The van der Waals surface area contributed by atoms with E-state index in [9.17, 15) is 8.42 Å². The molecule has 0 amide bonds. The highest BCUT2D eigenvalue weighted by molar-refractivity contribution is 7.89. The van der Waals surface area contributed by atoms with Gasteiger partial charge in [0, 0.05) is 0 Å². The van der Waals surface area contributed by atoms with Crippen LogP contribution in [0.3, 0.4) is 0 Å². The maximum absolute atomic E-state index is 11.1. The molecule has 0 bridgehead atoms. The molecule has 14 heavy (non-hydrogen) atoms.